The summed E-state index contributed by atoms with van der Waals surface area (Å²) in [7, 11) is 1.90. The number of hydrogen-bond acceptors (Lipinski definition) is 8. The zero-order valence-corrected chi connectivity index (χ0v) is 21.5. The number of rotatable bonds is 19. The maximum Gasteiger partial charge on any atom is 0.328 e. The molecule has 3 amide bonds. The molecule has 0 spiro atoms. The van der Waals surface area contributed by atoms with Crippen molar-refractivity contribution in [1.82, 2.24) is 25.9 Å². The van der Waals surface area contributed by atoms with Crippen molar-refractivity contribution >= 4 is 42.0 Å². The van der Waals surface area contributed by atoms with Crippen LogP contribution in [0.5, 0.6) is 0 Å². The fourth-order valence-electron chi connectivity index (χ4n) is 3.68. The maximum atomic E-state index is 12.7. The van der Waals surface area contributed by atoms with Gasteiger partial charge < -0.3 is 41.7 Å². The molecule has 2 rings (SSSR count). The fourth-order valence-corrected chi connectivity index (χ4v) is 3.68. The Labute approximate surface area is 221 Å². The predicted octanol–water partition coefficient (Wildman–Crippen LogP) is 0.951. The lowest BCUT2D eigenvalue weighted by Crippen LogP contribution is -2.48. The number of anilines is 2. The van der Waals surface area contributed by atoms with Crippen LogP contribution in [0.1, 0.15) is 48.0 Å². The van der Waals surface area contributed by atoms with Crippen molar-refractivity contribution in [2.24, 2.45) is 0 Å². The number of nitrogens with one attached hydrogen (secondary N) is 6. The molecule has 13 heteroatoms. The molecule has 38 heavy (non-hydrogen) atoms. The smallest absolute Gasteiger partial charge is 0.328 e. The van der Waals surface area contributed by atoms with Crippen molar-refractivity contribution in [2.45, 2.75) is 38.1 Å². The van der Waals surface area contributed by atoms with Gasteiger partial charge in [-0.05, 0) is 37.5 Å². The Balaban J connectivity index is 1.84. The number of aromatic nitrogens is 2. The molecular weight excluding hydrogens is 492 g/mol. The van der Waals surface area contributed by atoms with Crippen molar-refractivity contribution < 1.29 is 24.3 Å². The van der Waals surface area contributed by atoms with Gasteiger partial charge in [0.05, 0.1) is 0 Å². The number of H-pyrrole nitrogens is 1. The second kappa shape index (κ2) is 16.3. The van der Waals surface area contributed by atoms with E-state index in [1.165, 1.54) is 6.21 Å². The van der Waals surface area contributed by atoms with Crippen LogP contribution in [-0.2, 0) is 14.4 Å². The van der Waals surface area contributed by atoms with Crippen LogP contribution in [0.3, 0.4) is 0 Å². The second-order valence-electron chi connectivity index (χ2n) is 8.61. The lowest BCUT2D eigenvalue weighted by atomic mass is 10.1. The zero-order chi connectivity index (χ0) is 27.8. The quantitative estimate of drug-likeness (QED) is 0.0796. The van der Waals surface area contributed by atoms with Gasteiger partial charge in [0.25, 0.3) is 5.91 Å². The molecule has 0 fully saturated rings. The molecule has 0 aliphatic rings. The predicted molar refractivity (Wildman–Crippen MR) is 144 cm³/mol. The van der Waals surface area contributed by atoms with Gasteiger partial charge >= 0.3 is 5.97 Å². The molecule has 2 aromatic rings. The van der Waals surface area contributed by atoms with Crippen LogP contribution >= 0.6 is 0 Å². The van der Waals surface area contributed by atoms with Gasteiger partial charge in [-0.15, -0.1) is 0 Å². The second-order valence-corrected chi connectivity index (χ2v) is 8.61. The van der Waals surface area contributed by atoms with Crippen molar-refractivity contribution in [3.63, 3.8) is 0 Å². The average Bonchev–Trinajstić information content (AvgIpc) is 3.43. The first kappa shape index (κ1) is 29.8. The van der Waals surface area contributed by atoms with Crippen LogP contribution in [0.2, 0.25) is 0 Å². The highest BCUT2D eigenvalue weighted by molar-refractivity contribution is 5.98. The Hall–Kier alpha value is -4.42. The minimum absolute atomic E-state index is 0.148. The SMILES string of the molecule is CN(CCCNc1ncc[nH]1)c1ccc(C(=O)NC[C@@H](NC(=O)CCCCCNC=O)C(=O)O)cc1C=N. The third-order valence-corrected chi connectivity index (χ3v) is 5.73. The number of carbonyl (C=O) groups is 4. The maximum absolute atomic E-state index is 12.7. The zero-order valence-electron chi connectivity index (χ0n) is 21.5. The van der Waals surface area contributed by atoms with Crippen LogP contribution in [0.25, 0.3) is 0 Å². The molecule has 0 aliphatic heterocycles. The largest absolute Gasteiger partial charge is 0.480 e. The summed E-state index contributed by atoms with van der Waals surface area (Å²) < 4.78 is 0. The van der Waals surface area contributed by atoms with E-state index >= 15 is 0 Å². The normalized spacial score (nSPS) is 11.2. The molecular formula is C25H36N8O5. The van der Waals surface area contributed by atoms with E-state index in [0.717, 1.165) is 18.5 Å². The molecule has 0 unspecified atom stereocenters. The number of aliphatic carboxylic acids is 1. The van der Waals surface area contributed by atoms with Crippen LogP contribution in [0, 0.1) is 5.41 Å². The summed E-state index contributed by atoms with van der Waals surface area (Å²) in [6.07, 6.45) is 8.14. The van der Waals surface area contributed by atoms with Crippen LogP contribution < -0.4 is 26.2 Å². The van der Waals surface area contributed by atoms with E-state index in [2.05, 4.69) is 31.2 Å². The van der Waals surface area contributed by atoms with Crippen molar-refractivity contribution in [3.05, 3.63) is 41.7 Å². The van der Waals surface area contributed by atoms with Crippen LogP contribution in [0.4, 0.5) is 11.6 Å². The number of carboxylic acid groups (broad SMARTS) is 1. The summed E-state index contributed by atoms with van der Waals surface area (Å²) in [4.78, 5) is 55.6. The highest BCUT2D eigenvalue weighted by Gasteiger charge is 2.21. The molecule has 0 saturated heterocycles. The standard InChI is InChI=1S/C25H36N8O5/c1-33(13-5-10-28-25-29-11-12-30-25)21-8-7-18(14-19(21)15-26)23(36)31-16-20(24(37)38)32-22(35)6-3-2-4-9-27-17-34/h7-8,11-12,14-15,17,20,26H,2-6,9-10,13,16H2,1H3,(H,27,34)(H,31,36)(H,32,35)(H,37,38)(H2,28,29,30)/t20-/m1/s1. The highest BCUT2D eigenvalue weighted by atomic mass is 16.4. The number of imidazole rings is 1. The number of carbonyl (C=O) groups excluding carboxylic acids is 3. The van der Waals surface area contributed by atoms with E-state index < -0.39 is 23.8 Å². The van der Waals surface area contributed by atoms with E-state index in [9.17, 15) is 24.3 Å². The molecule has 206 valence electrons. The van der Waals surface area contributed by atoms with Gasteiger partial charge in [0.2, 0.25) is 12.3 Å². The summed E-state index contributed by atoms with van der Waals surface area (Å²) in [6, 6.07) is 3.66. The number of aromatic amines is 1. The summed E-state index contributed by atoms with van der Waals surface area (Å²) in [5.74, 6) is -1.48. The topological polar surface area (TPSA) is 192 Å². The number of amides is 3. The van der Waals surface area contributed by atoms with Crippen molar-refractivity contribution in [2.75, 3.05) is 43.4 Å². The van der Waals surface area contributed by atoms with Gasteiger partial charge in [-0.25, -0.2) is 9.78 Å². The molecule has 1 aromatic carbocycles. The molecule has 0 aliphatic carbocycles. The third kappa shape index (κ3) is 10.3. The Morgan fingerprint density at radius 1 is 1.18 bits per heavy atom. The Morgan fingerprint density at radius 2 is 2.00 bits per heavy atom. The first-order valence-corrected chi connectivity index (χ1v) is 12.4. The Kier molecular flexibility index (Phi) is 12.8. The minimum Gasteiger partial charge on any atom is -0.480 e. The van der Waals surface area contributed by atoms with Crippen LogP contribution in [0.15, 0.2) is 30.6 Å². The fraction of sp³-hybridized carbons (Fsp3) is 0.440. The van der Waals surface area contributed by atoms with Crippen molar-refractivity contribution in [1.29, 1.82) is 5.41 Å². The summed E-state index contributed by atoms with van der Waals surface area (Å²) in [6.45, 7) is 1.65. The third-order valence-electron chi connectivity index (χ3n) is 5.73. The molecule has 0 saturated carbocycles. The van der Waals surface area contributed by atoms with E-state index in [1.807, 2.05) is 11.9 Å². The molecule has 0 radical (unpaired) electrons. The molecule has 1 heterocycles. The summed E-state index contributed by atoms with van der Waals surface area (Å²) in [5.41, 5.74) is 1.61. The number of nitrogens with zero attached hydrogens (tertiary/aromatic N) is 2. The Morgan fingerprint density at radius 3 is 2.68 bits per heavy atom. The minimum atomic E-state index is -1.27. The van der Waals surface area contributed by atoms with E-state index in [-0.39, 0.29) is 18.5 Å². The number of carboxylic acids is 1. The van der Waals surface area contributed by atoms with Crippen LogP contribution in [-0.4, -0.2) is 84.8 Å². The van der Waals surface area contributed by atoms with E-state index in [1.54, 1.807) is 30.6 Å². The summed E-state index contributed by atoms with van der Waals surface area (Å²) >= 11 is 0. The molecule has 0 bridgehead atoms. The molecule has 1 atom stereocenters. The molecule has 1 aromatic heterocycles. The molecule has 7 N–H and O–H groups in total. The lowest BCUT2D eigenvalue weighted by Gasteiger charge is -2.22. The Bertz CT molecular complexity index is 1060. The number of hydrogen-bond donors (Lipinski definition) is 7. The summed E-state index contributed by atoms with van der Waals surface area (Å²) in [5, 5.41) is 27.9. The van der Waals surface area contributed by atoms with Gasteiger partial charge in [-0.1, -0.05) is 6.42 Å². The van der Waals surface area contributed by atoms with Gasteiger partial charge in [0, 0.05) is 75.1 Å². The van der Waals surface area contributed by atoms with Crippen molar-refractivity contribution in [3.8, 4) is 0 Å². The van der Waals surface area contributed by atoms with E-state index in [0.29, 0.717) is 50.4 Å². The average molecular weight is 529 g/mol. The monoisotopic (exact) mass is 528 g/mol. The number of unbranched alkanes of at least 4 members (excludes halogenated alkanes) is 2. The van der Waals surface area contributed by atoms with Gasteiger partial charge in [-0.3, -0.25) is 14.4 Å². The van der Waals surface area contributed by atoms with E-state index in [4.69, 9.17) is 5.41 Å². The van der Waals surface area contributed by atoms with Gasteiger partial charge in [0.1, 0.15) is 6.04 Å². The molecule has 13 nitrogen and oxygen atoms in total. The first-order valence-electron chi connectivity index (χ1n) is 12.4. The van der Waals surface area contributed by atoms with Gasteiger partial charge in [0.15, 0.2) is 5.95 Å². The lowest BCUT2D eigenvalue weighted by molar-refractivity contribution is -0.141. The first-order chi connectivity index (χ1) is 18.3. The highest BCUT2D eigenvalue weighted by Crippen LogP contribution is 2.20. The number of benzene rings is 1. The van der Waals surface area contributed by atoms with Gasteiger partial charge in [-0.2, -0.15) is 0 Å².